The number of rotatable bonds is 7. The molecule has 0 bridgehead atoms. The molecule has 190 valence electrons. The van der Waals surface area contributed by atoms with Gasteiger partial charge in [-0.1, -0.05) is 12.8 Å². The van der Waals surface area contributed by atoms with E-state index in [0.29, 0.717) is 0 Å². The van der Waals surface area contributed by atoms with E-state index in [1.165, 1.54) is 31.2 Å². The first-order chi connectivity index (χ1) is 18.7. The molecule has 0 atom stereocenters. The Morgan fingerprint density at radius 2 is 1.97 bits per heavy atom. The van der Waals surface area contributed by atoms with Crippen LogP contribution in [-0.2, 0) is 6.54 Å². The van der Waals surface area contributed by atoms with Crippen LogP contribution in [0.1, 0.15) is 36.9 Å². The summed E-state index contributed by atoms with van der Waals surface area (Å²) in [4.78, 5) is 22.0. The predicted molar refractivity (Wildman–Crippen MR) is 148 cm³/mol. The lowest BCUT2D eigenvalue weighted by molar-refractivity contribution is 0.489. The lowest BCUT2D eigenvalue weighted by Gasteiger charge is -2.11. The van der Waals surface area contributed by atoms with Crippen LogP contribution >= 0.6 is 0 Å². The van der Waals surface area contributed by atoms with Gasteiger partial charge in [-0.25, -0.2) is 15.0 Å². The third kappa shape index (κ3) is 4.24. The lowest BCUT2D eigenvalue weighted by atomic mass is 10.1. The van der Waals surface area contributed by atoms with Gasteiger partial charge in [0.05, 0.1) is 28.1 Å². The second-order valence-electron chi connectivity index (χ2n) is 10.2. The Morgan fingerprint density at radius 1 is 1.05 bits per heavy atom. The van der Waals surface area contributed by atoms with E-state index in [2.05, 4.69) is 47.6 Å². The van der Waals surface area contributed by atoms with E-state index >= 15 is 0 Å². The number of H-pyrrole nitrogens is 2. The summed E-state index contributed by atoms with van der Waals surface area (Å²) in [6.07, 6.45) is 14.8. The van der Waals surface area contributed by atoms with E-state index in [9.17, 15) is 0 Å². The highest BCUT2D eigenvalue weighted by atomic mass is 15.1. The van der Waals surface area contributed by atoms with Crippen LogP contribution in [0.2, 0.25) is 0 Å². The summed E-state index contributed by atoms with van der Waals surface area (Å²) in [5.41, 5.74) is 8.30. The van der Waals surface area contributed by atoms with E-state index in [1.807, 2.05) is 48.3 Å². The summed E-state index contributed by atoms with van der Waals surface area (Å²) < 4.78 is 1.94. The van der Waals surface area contributed by atoms with Crippen LogP contribution in [0.5, 0.6) is 0 Å². The highest BCUT2D eigenvalue weighted by Gasteiger charge is 2.17. The van der Waals surface area contributed by atoms with Gasteiger partial charge in [-0.3, -0.25) is 14.6 Å². The summed E-state index contributed by atoms with van der Waals surface area (Å²) in [6, 6.07) is 10.3. The number of hydrogen-bond donors (Lipinski definition) is 3. The van der Waals surface area contributed by atoms with Crippen molar-refractivity contribution in [1.82, 2.24) is 45.0 Å². The number of nitrogens with zero attached hydrogens (tertiary/aromatic N) is 6. The van der Waals surface area contributed by atoms with Crippen molar-refractivity contribution in [3.8, 4) is 28.5 Å². The molecule has 0 aromatic carbocycles. The molecule has 1 saturated carbocycles. The molecule has 0 saturated heterocycles. The quantitative estimate of drug-likeness (QED) is 0.271. The van der Waals surface area contributed by atoms with Crippen molar-refractivity contribution in [2.75, 3.05) is 6.54 Å². The standard InChI is InChI=1S/C29H29N9/c1-18-16-38(17-33-18)29-22-11-26(34-24(22)8-9-32-29)28-27-25(36-37-28)7-6-23(35-27)21-10-20(14-31-15-21)13-30-12-19-4-2-3-5-19/h6-11,14-17,19,30,34H,2-5,12-13H2,1H3,(H,36,37). The third-order valence-electron chi connectivity index (χ3n) is 7.47. The molecule has 1 aliphatic carbocycles. The van der Waals surface area contributed by atoms with E-state index in [4.69, 9.17) is 4.98 Å². The summed E-state index contributed by atoms with van der Waals surface area (Å²) in [7, 11) is 0. The lowest BCUT2D eigenvalue weighted by Crippen LogP contribution is -2.20. The fourth-order valence-electron chi connectivity index (χ4n) is 5.52. The highest BCUT2D eigenvalue weighted by Crippen LogP contribution is 2.31. The van der Waals surface area contributed by atoms with Gasteiger partial charge in [-0.05, 0) is 68.1 Å². The van der Waals surface area contributed by atoms with Crippen molar-refractivity contribution in [3.63, 3.8) is 0 Å². The van der Waals surface area contributed by atoms with Gasteiger partial charge in [0.15, 0.2) is 0 Å². The molecule has 1 fully saturated rings. The number of aromatic amines is 2. The maximum atomic E-state index is 5.02. The van der Waals surface area contributed by atoms with Crippen molar-refractivity contribution in [3.05, 3.63) is 72.7 Å². The van der Waals surface area contributed by atoms with Gasteiger partial charge in [0, 0.05) is 42.3 Å². The molecular weight excluding hydrogens is 474 g/mol. The van der Waals surface area contributed by atoms with Crippen LogP contribution in [0, 0.1) is 12.8 Å². The Kier molecular flexibility index (Phi) is 5.70. The Balaban J connectivity index is 1.20. The summed E-state index contributed by atoms with van der Waals surface area (Å²) in [5, 5.41) is 12.4. The van der Waals surface area contributed by atoms with Crippen molar-refractivity contribution >= 4 is 21.9 Å². The van der Waals surface area contributed by atoms with E-state index < -0.39 is 0 Å². The largest absolute Gasteiger partial charge is 0.353 e. The molecule has 38 heavy (non-hydrogen) atoms. The average molecular weight is 504 g/mol. The number of fused-ring (bicyclic) bond motifs is 2. The van der Waals surface area contributed by atoms with Crippen molar-refractivity contribution < 1.29 is 0 Å². The first-order valence-corrected chi connectivity index (χ1v) is 13.2. The minimum Gasteiger partial charge on any atom is -0.353 e. The molecule has 0 radical (unpaired) electrons. The molecule has 0 unspecified atom stereocenters. The number of aromatic nitrogens is 8. The molecular formula is C29H29N9. The second kappa shape index (κ2) is 9.50. The molecule has 0 aliphatic heterocycles. The minimum atomic E-state index is 0.771. The zero-order valence-corrected chi connectivity index (χ0v) is 21.3. The number of pyridine rings is 3. The number of aryl methyl sites for hydroxylation is 1. The topological polar surface area (TPSA) is 113 Å². The molecule has 6 heterocycles. The molecule has 3 N–H and O–H groups in total. The van der Waals surface area contributed by atoms with Crippen LogP contribution in [0.15, 0.2) is 61.4 Å². The van der Waals surface area contributed by atoms with Gasteiger partial charge in [-0.2, -0.15) is 5.10 Å². The van der Waals surface area contributed by atoms with Crippen molar-refractivity contribution in [2.24, 2.45) is 5.92 Å². The Hall–Kier alpha value is -4.37. The predicted octanol–water partition coefficient (Wildman–Crippen LogP) is 5.34. The zero-order chi connectivity index (χ0) is 25.5. The molecule has 9 nitrogen and oxygen atoms in total. The van der Waals surface area contributed by atoms with Gasteiger partial charge in [0.2, 0.25) is 0 Å². The molecule has 9 heteroatoms. The Bertz CT molecular complexity index is 1740. The molecule has 1 aliphatic rings. The molecule has 0 amide bonds. The van der Waals surface area contributed by atoms with Crippen LogP contribution in [-0.4, -0.2) is 46.2 Å². The number of imidazole rings is 1. The smallest absolute Gasteiger partial charge is 0.147 e. The van der Waals surface area contributed by atoms with E-state index in [-0.39, 0.29) is 0 Å². The number of nitrogens with one attached hydrogen (secondary N) is 3. The number of hydrogen-bond acceptors (Lipinski definition) is 6. The van der Waals surface area contributed by atoms with Crippen LogP contribution < -0.4 is 5.32 Å². The van der Waals surface area contributed by atoms with Crippen molar-refractivity contribution in [2.45, 2.75) is 39.2 Å². The average Bonchev–Trinajstić information content (AvgIpc) is 3.74. The van der Waals surface area contributed by atoms with Gasteiger partial charge >= 0.3 is 0 Å². The van der Waals surface area contributed by atoms with Crippen LogP contribution in [0.4, 0.5) is 0 Å². The SMILES string of the molecule is Cc1cn(-c2nccc3[nH]c(-c4n[nH]c5ccc(-c6cncc(CNCC7CCCC7)c6)nc45)cc23)cn1. The highest BCUT2D eigenvalue weighted by molar-refractivity contribution is 5.96. The summed E-state index contributed by atoms with van der Waals surface area (Å²) in [5.74, 6) is 1.64. The first-order valence-electron chi connectivity index (χ1n) is 13.2. The molecule has 0 spiro atoms. The monoisotopic (exact) mass is 503 g/mol. The fourth-order valence-corrected chi connectivity index (χ4v) is 5.52. The van der Waals surface area contributed by atoms with Gasteiger partial charge in [0.1, 0.15) is 23.4 Å². The maximum Gasteiger partial charge on any atom is 0.147 e. The van der Waals surface area contributed by atoms with Gasteiger partial charge < -0.3 is 10.3 Å². The zero-order valence-electron chi connectivity index (χ0n) is 21.3. The normalized spacial score (nSPS) is 14.2. The van der Waals surface area contributed by atoms with Gasteiger partial charge in [-0.15, -0.1) is 0 Å². The van der Waals surface area contributed by atoms with E-state index in [1.54, 1.807) is 12.5 Å². The minimum absolute atomic E-state index is 0.771. The summed E-state index contributed by atoms with van der Waals surface area (Å²) in [6.45, 7) is 3.86. The summed E-state index contributed by atoms with van der Waals surface area (Å²) >= 11 is 0. The van der Waals surface area contributed by atoms with Crippen LogP contribution in [0.25, 0.3) is 50.4 Å². The molecule has 6 aromatic heterocycles. The Morgan fingerprint density at radius 3 is 2.84 bits per heavy atom. The molecule has 7 rings (SSSR count). The van der Waals surface area contributed by atoms with E-state index in [0.717, 1.165) is 75.1 Å². The first kappa shape index (κ1) is 22.8. The van der Waals surface area contributed by atoms with Crippen molar-refractivity contribution in [1.29, 1.82) is 0 Å². The van der Waals surface area contributed by atoms with Crippen LogP contribution in [0.3, 0.4) is 0 Å². The fraction of sp³-hybridized carbons (Fsp3) is 0.276. The van der Waals surface area contributed by atoms with Gasteiger partial charge in [0.25, 0.3) is 0 Å². The second-order valence-corrected chi connectivity index (χ2v) is 10.2. The maximum absolute atomic E-state index is 5.02. The molecule has 6 aromatic rings. The Labute approximate surface area is 219 Å². The third-order valence-corrected chi connectivity index (χ3v) is 7.47.